The van der Waals surface area contributed by atoms with Gasteiger partial charge in [-0.2, -0.15) is 0 Å². The number of hydrogen-bond donors (Lipinski definition) is 2. The Hall–Kier alpha value is -2.15. The predicted octanol–water partition coefficient (Wildman–Crippen LogP) is 1.05. The van der Waals surface area contributed by atoms with Crippen molar-refractivity contribution in [1.29, 1.82) is 0 Å². The van der Waals surface area contributed by atoms with Gasteiger partial charge in [0.2, 0.25) is 11.5 Å². The molecule has 2 aliphatic rings. The van der Waals surface area contributed by atoms with E-state index in [1.54, 1.807) is 13.2 Å². The maximum absolute atomic E-state index is 12.9. The Morgan fingerprint density at radius 3 is 2.84 bits per heavy atom. The molecule has 136 valence electrons. The molecule has 2 amide bonds. The first-order valence-electron chi connectivity index (χ1n) is 8.83. The third-order valence-electron chi connectivity index (χ3n) is 5.57. The van der Waals surface area contributed by atoms with Crippen LogP contribution in [0.25, 0.3) is 0 Å². The SMILES string of the molecule is CCC(=O)N[C@@H]1CC[C@@]2(OC)CCN(C(=O)c3ccc(=O)[nH]c3)[C@H]2C1. The molecule has 2 heterocycles. The minimum absolute atomic E-state index is 0.0337. The van der Waals surface area contributed by atoms with E-state index in [0.29, 0.717) is 24.9 Å². The molecule has 3 atom stereocenters. The van der Waals surface area contributed by atoms with Gasteiger partial charge in [-0.1, -0.05) is 6.92 Å². The van der Waals surface area contributed by atoms with E-state index >= 15 is 0 Å². The van der Waals surface area contributed by atoms with Crippen molar-refractivity contribution in [3.63, 3.8) is 0 Å². The summed E-state index contributed by atoms with van der Waals surface area (Å²) in [6.45, 7) is 2.45. The van der Waals surface area contributed by atoms with Crippen molar-refractivity contribution in [2.75, 3.05) is 13.7 Å². The number of ether oxygens (including phenoxy) is 1. The van der Waals surface area contributed by atoms with E-state index in [1.807, 2.05) is 11.8 Å². The highest BCUT2D eigenvalue weighted by Gasteiger charge is 2.52. The lowest BCUT2D eigenvalue weighted by molar-refractivity contribution is -0.122. The second-order valence-corrected chi connectivity index (χ2v) is 6.87. The first-order chi connectivity index (χ1) is 12.0. The summed E-state index contributed by atoms with van der Waals surface area (Å²) in [6, 6.07) is 2.89. The first kappa shape index (κ1) is 17.7. The molecule has 0 aromatic carbocycles. The van der Waals surface area contributed by atoms with E-state index in [1.165, 1.54) is 12.3 Å². The normalized spacial score (nSPS) is 28.5. The fraction of sp³-hybridized carbons (Fsp3) is 0.611. The van der Waals surface area contributed by atoms with E-state index in [4.69, 9.17) is 4.74 Å². The van der Waals surface area contributed by atoms with Gasteiger partial charge in [0, 0.05) is 38.4 Å². The number of likely N-dealkylation sites (tertiary alicyclic amines) is 1. The number of hydrogen-bond acceptors (Lipinski definition) is 4. The molecule has 25 heavy (non-hydrogen) atoms. The Morgan fingerprint density at radius 2 is 2.20 bits per heavy atom. The van der Waals surface area contributed by atoms with Gasteiger partial charge in [0.15, 0.2) is 0 Å². The Balaban J connectivity index is 1.80. The monoisotopic (exact) mass is 347 g/mol. The highest BCUT2D eigenvalue weighted by molar-refractivity contribution is 5.94. The molecule has 2 fully saturated rings. The van der Waals surface area contributed by atoms with E-state index in [0.717, 1.165) is 19.3 Å². The molecule has 0 bridgehead atoms. The van der Waals surface area contributed by atoms with Gasteiger partial charge in [0.05, 0.1) is 17.2 Å². The Kier molecular flexibility index (Phi) is 4.94. The van der Waals surface area contributed by atoms with Gasteiger partial charge in [0.25, 0.3) is 5.91 Å². The summed E-state index contributed by atoms with van der Waals surface area (Å²) >= 11 is 0. The Morgan fingerprint density at radius 1 is 1.40 bits per heavy atom. The number of aromatic amines is 1. The molecule has 1 aromatic heterocycles. The summed E-state index contributed by atoms with van der Waals surface area (Å²) in [5.74, 6) is -0.0749. The topological polar surface area (TPSA) is 91.5 Å². The summed E-state index contributed by atoms with van der Waals surface area (Å²) in [4.78, 5) is 40.3. The second kappa shape index (κ2) is 7.00. The Bertz CT molecular complexity index is 696. The van der Waals surface area contributed by atoms with Crippen LogP contribution in [0.4, 0.5) is 0 Å². The van der Waals surface area contributed by atoms with Crippen molar-refractivity contribution in [3.05, 3.63) is 34.2 Å². The molecule has 2 N–H and O–H groups in total. The molecule has 7 nitrogen and oxygen atoms in total. The molecule has 7 heteroatoms. The molecule has 0 radical (unpaired) electrons. The van der Waals surface area contributed by atoms with Crippen molar-refractivity contribution in [3.8, 4) is 0 Å². The molecule has 1 saturated carbocycles. The first-order valence-corrected chi connectivity index (χ1v) is 8.83. The fourth-order valence-corrected chi connectivity index (χ4v) is 4.11. The molecule has 0 unspecified atom stereocenters. The standard InChI is InChI=1S/C18H25N3O4/c1-3-15(22)20-13-6-7-18(25-2)8-9-21(14(18)10-13)17(24)12-4-5-16(23)19-11-12/h4-5,11,13-14H,3,6-10H2,1-2H3,(H,19,23)(H,20,22)/t13-,14+,18-/m1/s1. The average molecular weight is 347 g/mol. The smallest absolute Gasteiger partial charge is 0.255 e. The maximum atomic E-state index is 12.9. The fourth-order valence-electron chi connectivity index (χ4n) is 4.11. The molecule has 1 saturated heterocycles. The molecular formula is C18H25N3O4. The number of rotatable bonds is 4. The number of nitrogens with one attached hydrogen (secondary N) is 2. The minimum atomic E-state index is -0.342. The van der Waals surface area contributed by atoms with Gasteiger partial charge in [-0.15, -0.1) is 0 Å². The van der Waals surface area contributed by atoms with E-state index < -0.39 is 0 Å². The summed E-state index contributed by atoms with van der Waals surface area (Å²) in [6.07, 6.45) is 5.06. The highest BCUT2D eigenvalue weighted by atomic mass is 16.5. The second-order valence-electron chi connectivity index (χ2n) is 6.87. The number of H-pyrrole nitrogens is 1. The van der Waals surface area contributed by atoms with Crippen molar-refractivity contribution >= 4 is 11.8 Å². The number of nitrogens with zero attached hydrogens (tertiary/aromatic N) is 1. The zero-order chi connectivity index (χ0) is 18.0. The van der Waals surface area contributed by atoms with Gasteiger partial charge in [-0.05, 0) is 31.7 Å². The Labute approximate surface area is 146 Å². The summed E-state index contributed by atoms with van der Waals surface area (Å²) in [5, 5.41) is 3.05. The van der Waals surface area contributed by atoms with Crippen LogP contribution in [0, 0.1) is 0 Å². The largest absolute Gasteiger partial charge is 0.376 e. The van der Waals surface area contributed by atoms with Crippen LogP contribution >= 0.6 is 0 Å². The van der Waals surface area contributed by atoms with Crippen LogP contribution in [0.3, 0.4) is 0 Å². The summed E-state index contributed by atoms with van der Waals surface area (Å²) < 4.78 is 5.85. The number of carbonyl (C=O) groups is 2. The zero-order valence-electron chi connectivity index (χ0n) is 14.7. The van der Waals surface area contributed by atoms with Crippen LogP contribution < -0.4 is 10.9 Å². The van der Waals surface area contributed by atoms with E-state index in [9.17, 15) is 14.4 Å². The zero-order valence-corrected chi connectivity index (χ0v) is 14.7. The minimum Gasteiger partial charge on any atom is -0.376 e. The van der Waals surface area contributed by atoms with Crippen LogP contribution in [0.15, 0.2) is 23.1 Å². The van der Waals surface area contributed by atoms with Crippen molar-refractivity contribution in [1.82, 2.24) is 15.2 Å². The number of amides is 2. The van der Waals surface area contributed by atoms with Gasteiger partial charge >= 0.3 is 0 Å². The van der Waals surface area contributed by atoms with Crippen LogP contribution in [-0.2, 0) is 9.53 Å². The van der Waals surface area contributed by atoms with Gasteiger partial charge in [0.1, 0.15) is 0 Å². The van der Waals surface area contributed by atoms with Crippen LogP contribution in [0.5, 0.6) is 0 Å². The van der Waals surface area contributed by atoms with Gasteiger partial charge in [-0.3, -0.25) is 14.4 Å². The van der Waals surface area contributed by atoms with Crippen LogP contribution in [-0.4, -0.2) is 53.0 Å². The van der Waals surface area contributed by atoms with E-state index in [2.05, 4.69) is 10.3 Å². The van der Waals surface area contributed by atoms with Crippen molar-refractivity contribution < 1.29 is 14.3 Å². The van der Waals surface area contributed by atoms with Crippen molar-refractivity contribution in [2.24, 2.45) is 0 Å². The molecule has 1 aromatic rings. The summed E-state index contributed by atoms with van der Waals surface area (Å²) in [5.41, 5.74) is -0.110. The number of fused-ring (bicyclic) bond motifs is 1. The van der Waals surface area contributed by atoms with E-state index in [-0.39, 0.29) is 35.1 Å². The van der Waals surface area contributed by atoms with Crippen LogP contribution in [0.2, 0.25) is 0 Å². The van der Waals surface area contributed by atoms with Crippen molar-refractivity contribution in [2.45, 2.75) is 56.7 Å². The summed E-state index contributed by atoms with van der Waals surface area (Å²) in [7, 11) is 1.70. The number of carbonyl (C=O) groups excluding carboxylic acids is 2. The highest BCUT2D eigenvalue weighted by Crippen LogP contribution is 2.42. The lowest BCUT2D eigenvalue weighted by atomic mass is 9.78. The lowest BCUT2D eigenvalue weighted by Gasteiger charge is -2.43. The van der Waals surface area contributed by atoms with Gasteiger partial charge in [-0.25, -0.2) is 0 Å². The number of methoxy groups -OCH3 is 1. The predicted molar refractivity (Wildman–Crippen MR) is 92.3 cm³/mol. The number of aromatic nitrogens is 1. The van der Waals surface area contributed by atoms with Crippen LogP contribution in [0.1, 0.15) is 49.4 Å². The molecule has 1 aliphatic heterocycles. The lowest BCUT2D eigenvalue weighted by Crippen LogP contribution is -2.55. The third kappa shape index (κ3) is 3.33. The molecule has 0 spiro atoms. The number of pyridine rings is 1. The average Bonchev–Trinajstić information content (AvgIpc) is 3.01. The molecular weight excluding hydrogens is 322 g/mol. The molecule has 3 rings (SSSR count). The quantitative estimate of drug-likeness (QED) is 0.852. The van der Waals surface area contributed by atoms with Gasteiger partial charge < -0.3 is 19.9 Å². The maximum Gasteiger partial charge on any atom is 0.255 e. The third-order valence-corrected chi connectivity index (χ3v) is 5.57. The molecule has 1 aliphatic carbocycles.